The average Bonchev–Trinajstić information content (AvgIpc) is 2.92. The average molecular weight is 336 g/mol. The molecule has 0 saturated heterocycles. The highest BCUT2D eigenvalue weighted by Gasteiger charge is 2.21. The largest absolute Gasteiger partial charge is 0.249 e. The van der Waals surface area contributed by atoms with Crippen LogP contribution in [0.4, 0.5) is 0 Å². The van der Waals surface area contributed by atoms with E-state index < -0.39 is 8.07 Å². The van der Waals surface area contributed by atoms with Gasteiger partial charge in [-0.05, 0) is 36.1 Å². The summed E-state index contributed by atoms with van der Waals surface area (Å²) >= 11 is 0. The maximum Gasteiger partial charge on any atom is 0.158 e. The Bertz CT molecular complexity index is 868. The molecule has 0 aliphatic carbocycles. The number of nitrogens with zero attached hydrogens (tertiary/aromatic N) is 3. The van der Waals surface area contributed by atoms with Crippen molar-refractivity contribution in [2.45, 2.75) is 33.5 Å². The van der Waals surface area contributed by atoms with Gasteiger partial charge in [-0.15, -0.1) is 0 Å². The molecule has 1 aromatic heterocycles. The van der Waals surface area contributed by atoms with E-state index in [0.717, 1.165) is 11.4 Å². The second-order valence-corrected chi connectivity index (χ2v) is 12.6. The van der Waals surface area contributed by atoms with E-state index in [0.29, 0.717) is 0 Å². The number of benzene rings is 2. The molecule has 0 bridgehead atoms. The third kappa shape index (κ3) is 2.94. The molecule has 1 heterocycles. The van der Waals surface area contributed by atoms with Crippen molar-refractivity contribution >= 4 is 13.3 Å². The smallest absolute Gasteiger partial charge is 0.158 e. The van der Waals surface area contributed by atoms with Crippen LogP contribution in [0.15, 0.2) is 42.7 Å². The molecular weight excluding hydrogens is 310 g/mol. The first-order valence-corrected chi connectivity index (χ1v) is 11.8. The topological polar surface area (TPSA) is 30.7 Å². The van der Waals surface area contributed by atoms with Crippen LogP contribution >= 0.6 is 0 Å². The highest BCUT2D eigenvalue weighted by molar-refractivity contribution is 6.88. The number of rotatable bonds is 3. The van der Waals surface area contributed by atoms with Gasteiger partial charge in [-0.1, -0.05) is 61.2 Å². The Morgan fingerprint density at radius 3 is 2.12 bits per heavy atom. The summed E-state index contributed by atoms with van der Waals surface area (Å²) in [6, 6.07) is 13.4. The van der Waals surface area contributed by atoms with Gasteiger partial charge in [-0.3, -0.25) is 0 Å². The van der Waals surface area contributed by atoms with Gasteiger partial charge in [0.15, 0.2) is 5.82 Å². The summed E-state index contributed by atoms with van der Waals surface area (Å²) in [6.07, 6.45) is 1.62. The molecule has 124 valence electrons. The lowest BCUT2D eigenvalue weighted by atomic mass is 9.92. The van der Waals surface area contributed by atoms with Gasteiger partial charge in [-0.25, -0.2) is 9.67 Å². The Labute approximate surface area is 145 Å². The van der Waals surface area contributed by atoms with Crippen molar-refractivity contribution in [2.24, 2.45) is 7.05 Å². The van der Waals surface area contributed by atoms with Crippen molar-refractivity contribution in [1.29, 1.82) is 0 Å². The normalized spacial score (nSPS) is 11.8. The van der Waals surface area contributed by atoms with Gasteiger partial charge in [0, 0.05) is 12.6 Å². The highest BCUT2D eigenvalue weighted by Crippen LogP contribution is 2.34. The Morgan fingerprint density at radius 1 is 0.917 bits per heavy atom. The number of aromatic nitrogens is 3. The van der Waals surface area contributed by atoms with Crippen LogP contribution in [-0.4, -0.2) is 22.8 Å². The Balaban J connectivity index is 2.34. The predicted octanol–water partition coefficient (Wildman–Crippen LogP) is 4.31. The van der Waals surface area contributed by atoms with E-state index >= 15 is 0 Å². The van der Waals surface area contributed by atoms with E-state index in [2.05, 4.69) is 80.0 Å². The van der Waals surface area contributed by atoms with Crippen LogP contribution < -0.4 is 5.19 Å². The van der Waals surface area contributed by atoms with Gasteiger partial charge in [0.05, 0.1) is 8.07 Å². The van der Waals surface area contributed by atoms with Crippen LogP contribution in [0.3, 0.4) is 0 Å². The summed E-state index contributed by atoms with van der Waals surface area (Å²) in [4.78, 5) is 4.49. The molecule has 0 aliphatic rings. The molecule has 4 heteroatoms. The van der Waals surface area contributed by atoms with Crippen LogP contribution in [0.1, 0.15) is 11.1 Å². The third-order valence-electron chi connectivity index (χ3n) is 4.59. The summed E-state index contributed by atoms with van der Waals surface area (Å²) in [6.45, 7) is 11.5. The number of hydrogen-bond donors (Lipinski definition) is 0. The number of hydrogen-bond acceptors (Lipinski definition) is 2. The van der Waals surface area contributed by atoms with Crippen molar-refractivity contribution in [3.05, 3.63) is 53.9 Å². The van der Waals surface area contributed by atoms with E-state index in [1.54, 1.807) is 6.33 Å². The minimum Gasteiger partial charge on any atom is -0.249 e. The molecule has 3 rings (SSSR count). The molecule has 24 heavy (non-hydrogen) atoms. The zero-order chi connectivity index (χ0) is 17.5. The van der Waals surface area contributed by atoms with Crippen LogP contribution in [0, 0.1) is 13.8 Å². The summed E-state index contributed by atoms with van der Waals surface area (Å²) in [5.74, 6) is 0.912. The molecule has 0 fully saturated rings. The maximum atomic E-state index is 4.49. The molecule has 0 N–H and O–H groups in total. The van der Waals surface area contributed by atoms with Gasteiger partial charge in [0.25, 0.3) is 0 Å². The second kappa shape index (κ2) is 6.02. The van der Waals surface area contributed by atoms with Gasteiger partial charge in [0.2, 0.25) is 0 Å². The van der Waals surface area contributed by atoms with E-state index in [4.69, 9.17) is 0 Å². The minimum atomic E-state index is -1.40. The van der Waals surface area contributed by atoms with Gasteiger partial charge in [0.1, 0.15) is 6.33 Å². The fraction of sp³-hybridized carbons (Fsp3) is 0.300. The summed E-state index contributed by atoms with van der Waals surface area (Å²) < 4.78 is 1.85. The molecule has 0 atom stereocenters. The minimum absolute atomic E-state index is 0.912. The van der Waals surface area contributed by atoms with Gasteiger partial charge >= 0.3 is 0 Å². The van der Waals surface area contributed by atoms with Crippen molar-refractivity contribution in [3.8, 4) is 22.5 Å². The first-order chi connectivity index (χ1) is 11.3. The maximum absolute atomic E-state index is 4.49. The Morgan fingerprint density at radius 2 is 1.58 bits per heavy atom. The lowest BCUT2D eigenvalue weighted by Crippen LogP contribution is -2.37. The second-order valence-electron chi connectivity index (χ2n) is 7.48. The molecule has 0 unspecified atom stereocenters. The first-order valence-electron chi connectivity index (χ1n) is 8.34. The molecule has 3 nitrogen and oxygen atoms in total. The fourth-order valence-corrected chi connectivity index (χ4v) is 4.35. The molecule has 0 amide bonds. The molecule has 2 aromatic carbocycles. The molecule has 0 saturated carbocycles. The SMILES string of the molecule is Cc1cccc(C)c1-c1cc([Si](C)(C)C)ccc1-c1ncnn1C. The highest BCUT2D eigenvalue weighted by atomic mass is 28.3. The van der Waals surface area contributed by atoms with Crippen LogP contribution in [0.2, 0.25) is 19.6 Å². The molecule has 0 aliphatic heterocycles. The zero-order valence-corrected chi connectivity index (χ0v) is 16.4. The summed E-state index contributed by atoms with van der Waals surface area (Å²) in [5, 5.41) is 5.72. The van der Waals surface area contributed by atoms with Crippen molar-refractivity contribution in [1.82, 2.24) is 14.8 Å². The Kier molecular flexibility index (Phi) is 4.18. The van der Waals surface area contributed by atoms with Gasteiger partial charge < -0.3 is 0 Å². The monoisotopic (exact) mass is 335 g/mol. The van der Waals surface area contributed by atoms with Gasteiger partial charge in [-0.2, -0.15) is 5.10 Å². The summed E-state index contributed by atoms with van der Waals surface area (Å²) in [5.41, 5.74) is 6.32. The fourth-order valence-electron chi connectivity index (χ4n) is 3.19. The van der Waals surface area contributed by atoms with Crippen molar-refractivity contribution in [3.63, 3.8) is 0 Å². The first kappa shape index (κ1) is 16.6. The zero-order valence-electron chi connectivity index (χ0n) is 15.4. The van der Waals surface area contributed by atoms with Crippen LogP contribution in [0.25, 0.3) is 22.5 Å². The standard InChI is InChI=1S/C20H25N3Si/c1-14-8-7-9-15(2)19(14)18-12-16(24(4,5)6)10-11-17(18)20-21-13-22-23(20)3/h7-13H,1-6H3. The summed E-state index contributed by atoms with van der Waals surface area (Å²) in [7, 11) is 0.551. The lowest BCUT2D eigenvalue weighted by molar-refractivity contribution is 0.775. The van der Waals surface area contributed by atoms with Crippen LogP contribution in [0.5, 0.6) is 0 Å². The number of aryl methyl sites for hydroxylation is 3. The van der Waals surface area contributed by atoms with E-state index in [9.17, 15) is 0 Å². The lowest BCUT2D eigenvalue weighted by Gasteiger charge is -2.21. The van der Waals surface area contributed by atoms with E-state index in [1.807, 2.05) is 11.7 Å². The molecular formula is C20H25N3Si. The quantitative estimate of drug-likeness (QED) is 0.668. The third-order valence-corrected chi connectivity index (χ3v) is 6.63. The van der Waals surface area contributed by atoms with Crippen molar-refractivity contribution in [2.75, 3.05) is 0 Å². The predicted molar refractivity (Wildman–Crippen MR) is 104 cm³/mol. The van der Waals surface area contributed by atoms with E-state index in [-0.39, 0.29) is 0 Å². The Hall–Kier alpha value is -2.20. The van der Waals surface area contributed by atoms with E-state index in [1.165, 1.54) is 27.4 Å². The van der Waals surface area contributed by atoms with Crippen molar-refractivity contribution < 1.29 is 0 Å². The molecule has 0 radical (unpaired) electrons. The van der Waals surface area contributed by atoms with Crippen LogP contribution in [-0.2, 0) is 7.05 Å². The molecule has 3 aromatic rings. The molecule has 0 spiro atoms.